The van der Waals surface area contributed by atoms with Gasteiger partial charge >= 0.3 is 0 Å². The van der Waals surface area contributed by atoms with Crippen molar-refractivity contribution in [3.8, 4) is 0 Å². The van der Waals surface area contributed by atoms with Crippen LogP contribution in [0.15, 0.2) is 0 Å². The van der Waals surface area contributed by atoms with E-state index in [-0.39, 0.29) is 6.29 Å². The number of hydrogen-bond acceptors (Lipinski definition) is 2. The Kier molecular flexibility index (Phi) is 2.49. The average Bonchev–Trinajstić information content (AvgIpc) is 1.82. The molecule has 0 aliphatic carbocycles. The summed E-state index contributed by atoms with van der Waals surface area (Å²) in [6.07, 6.45) is 1.12. The van der Waals surface area contributed by atoms with Crippen LogP contribution in [0.4, 0.5) is 0 Å². The van der Waals surface area contributed by atoms with Crippen molar-refractivity contribution in [3.63, 3.8) is 0 Å². The molecule has 0 N–H and O–H groups in total. The highest BCUT2D eigenvalue weighted by Crippen LogP contribution is 2.26. The summed E-state index contributed by atoms with van der Waals surface area (Å²) in [5.41, 5.74) is 0. The van der Waals surface area contributed by atoms with E-state index in [1.165, 1.54) is 5.92 Å². The second-order valence-corrected chi connectivity index (χ2v) is 2.11. The van der Waals surface area contributed by atoms with E-state index in [9.17, 15) is 0 Å². The Hall–Kier alpha value is -0.0800. The fourth-order valence-corrected chi connectivity index (χ4v) is 0.855. The molecule has 53 valence electrons. The lowest BCUT2D eigenvalue weighted by molar-refractivity contribution is -0.191. The van der Waals surface area contributed by atoms with Gasteiger partial charge in [0.25, 0.3) is 0 Å². The van der Waals surface area contributed by atoms with E-state index in [2.05, 4.69) is 6.92 Å². The van der Waals surface area contributed by atoms with E-state index < -0.39 is 0 Å². The maximum absolute atomic E-state index is 5.22. The zero-order valence-corrected chi connectivity index (χ0v) is 6.02. The summed E-state index contributed by atoms with van der Waals surface area (Å²) in [6, 6.07) is 0. The topological polar surface area (TPSA) is 18.5 Å². The maximum Gasteiger partial charge on any atom is 0.166 e. The van der Waals surface area contributed by atoms with E-state index in [4.69, 9.17) is 9.47 Å². The fraction of sp³-hybridized carbons (Fsp3) is 0.857. The number of ether oxygens (including phenoxy) is 2. The van der Waals surface area contributed by atoms with Crippen molar-refractivity contribution in [2.24, 2.45) is 0 Å². The highest BCUT2D eigenvalue weighted by Gasteiger charge is 2.31. The molecule has 1 heterocycles. The Morgan fingerprint density at radius 2 is 2.44 bits per heavy atom. The molecular formula is C7H13O2. The predicted octanol–water partition coefficient (Wildman–Crippen LogP) is 1.36. The van der Waals surface area contributed by atoms with Crippen molar-refractivity contribution < 1.29 is 9.47 Å². The van der Waals surface area contributed by atoms with Crippen molar-refractivity contribution >= 4 is 0 Å². The fourth-order valence-electron chi connectivity index (χ4n) is 0.855. The van der Waals surface area contributed by atoms with Gasteiger partial charge in [-0.3, -0.25) is 0 Å². The molecule has 1 aliphatic rings. The molecule has 0 spiro atoms. The molecule has 1 saturated heterocycles. The van der Waals surface area contributed by atoms with Gasteiger partial charge in [-0.05, 0) is 13.3 Å². The predicted molar refractivity (Wildman–Crippen MR) is 34.9 cm³/mol. The van der Waals surface area contributed by atoms with Crippen LogP contribution in [0.2, 0.25) is 0 Å². The smallest absolute Gasteiger partial charge is 0.166 e. The molecule has 1 radical (unpaired) electrons. The van der Waals surface area contributed by atoms with Crippen molar-refractivity contribution in [2.75, 3.05) is 13.2 Å². The van der Waals surface area contributed by atoms with Gasteiger partial charge in [-0.2, -0.15) is 0 Å². The Morgan fingerprint density at radius 3 is 2.78 bits per heavy atom. The molecule has 1 fully saturated rings. The molecule has 0 aromatic carbocycles. The van der Waals surface area contributed by atoms with Gasteiger partial charge in [-0.15, -0.1) is 0 Å². The molecule has 0 aromatic heterocycles. The van der Waals surface area contributed by atoms with Crippen LogP contribution >= 0.6 is 0 Å². The highest BCUT2D eigenvalue weighted by molar-refractivity contribution is 4.99. The van der Waals surface area contributed by atoms with Crippen LogP contribution in [0.1, 0.15) is 20.3 Å². The van der Waals surface area contributed by atoms with E-state index in [0.29, 0.717) is 0 Å². The van der Waals surface area contributed by atoms with E-state index in [1.54, 1.807) is 0 Å². The minimum Gasteiger partial charge on any atom is -0.352 e. The first kappa shape index (κ1) is 7.03. The van der Waals surface area contributed by atoms with Crippen LogP contribution in [-0.2, 0) is 9.47 Å². The normalized spacial score (nSPS) is 28.0. The Morgan fingerprint density at radius 1 is 1.67 bits per heavy atom. The third-order valence-electron chi connectivity index (χ3n) is 1.53. The van der Waals surface area contributed by atoms with Gasteiger partial charge in [0.15, 0.2) is 6.29 Å². The molecule has 1 unspecified atom stereocenters. The van der Waals surface area contributed by atoms with E-state index in [1.807, 2.05) is 6.92 Å². The van der Waals surface area contributed by atoms with Crippen LogP contribution in [0.3, 0.4) is 0 Å². The van der Waals surface area contributed by atoms with Gasteiger partial charge < -0.3 is 9.47 Å². The van der Waals surface area contributed by atoms with Crippen molar-refractivity contribution in [3.05, 3.63) is 5.92 Å². The summed E-state index contributed by atoms with van der Waals surface area (Å²) in [4.78, 5) is 0. The number of hydrogen-bond donors (Lipinski definition) is 0. The van der Waals surface area contributed by atoms with Gasteiger partial charge in [0, 0.05) is 6.61 Å². The van der Waals surface area contributed by atoms with Crippen LogP contribution < -0.4 is 0 Å². The first-order valence-electron chi connectivity index (χ1n) is 3.46. The second-order valence-electron chi connectivity index (χ2n) is 2.11. The Bertz CT molecular complexity index is 81.0. The summed E-state index contributed by atoms with van der Waals surface area (Å²) >= 11 is 0. The molecule has 0 saturated carbocycles. The Labute approximate surface area is 56.2 Å². The first-order valence-corrected chi connectivity index (χ1v) is 3.46. The van der Waals surface area contributed by atoms with Crippen LogP contribution in [0, 0.1) is 5.92 Å². The summed E-state index contributed by atoms with van der Waals surface area (Å²) in [5, 5.41) is 0. The molecular weight excluding hydrogens is 116 g/mol. The summed E-state index contributed by atoms with van der Waals surface area (Å²) in [7, 11) is 0. The first-order chi connectivity index (χ1) is 4.38. The van der Waals surface area contributed by atoms with E-state index >= 15 is 0 Å². The standard InChI is InChI=1S/C7H13O2/c1-3-6-5-9-7(6)8-4-2/h7H,3-5H2,1-2H3. The van der Waals surface area contributed by atoms with Gasteiger partial charge in [0.05, 0.1) is 12.5 Å². The molecule has 0 bridgehead atoms. The van der Waals surface area contributed by atoms with E-state index in [0.717, 1.165) is 19.6 Å². The van der Waals surface area contributed by atoms with Gasteiger partial charge in [-0.1, -0.05) is 6.92 Å². The third kappa shape index (κ3) is 1.43. The SMILES string of the molecule is CCOC1OC[C]1CC. The van der Waals surface area contributed by atoms with Crippen LogP contribution in [0.5, 0.6) is 0 Å². The second kappa shape index (κ2) is 3.18. The monoisotopic (exact) mass is 129 g/mol. The van der Waals surface area contributed by atoms with Gasteiger partial charge in [0.2, 0.25) is 0 Å². The van der Waals surface area contributed by atoms with Crippen molar-refractivity contribution in [1.82, 2.24) is 0 Å². The number of rotatable bonds is 3. The quantitative estimate of drug-likeness (QED) is 0.573. The lowest BCUT2D eigenvalue weighted by Gasteiger charge is -2.34. The minimum atomic E-state index is 0.0278. The highest BCUT2D eigenvalue weighted by atomic mass is 16.7. The third-order valence-corrected chi connectivity index (χ3v) is 1.53. The summed E-state index contributed by atoms with van der Waals surface area (Å²) in [5.74, 6) is 1.39. The van der Waals surface area contributed by atoms with Crippen LogP contribution in [0.25, 0.3) is 0 Å². The molecule has 1 aliphatic heterocycles. The van der Waals surface area contributed by atoms with Gasteiger partial charge in [0.1, 0.15) is 0 Å². The van der Waals surface area contributed by atoms with Crippen molar-refractivity contribution in [2.45, 2.75) is 26.6 Å². The zero-order valence-electron chi connectivity index (χ0n) is 6.02. The molecule has 1 rings (SSSR count). The molecule has 2 heteroatoms. The van der Waals surface area contributed by atoms with Crippen LogP contribution in [-0.4, -0.2) is 19.5 Å². The largest absolute Gasteiger partial charge is 0.352 e. The summed E-state index contributed by atoms with van der Waals surface area (Å²) < 4.78 is 10.3. The molecule has 0 amide bonds. The minimum absolute atomic E-state index is 0.0278. The zero-order chi connectivity index (χ0) is 6.69. The van der Waals surface area contributed by atoms with Gasteiger partial charge in [-0.25, -0.2) is 0 Å². The molecule has 2 nitrogen and oxygen atoms in total. The lowest BCUT2D eigenvalue weighted by atomic mass is 10.0. The summed E-state index contributed by atoms with van der Waals surface area (Å²) in [6.45, 7) is 5.66. The Balaban J connectivity index is 2.11. The molecule has 0 aromatic rings. The average molecular weight is 129 g/mol. The molecule has 9 heavy (non-hydrogen) atoms. The van der Waals surface area contributed by atoms with Crippen molar-refractivity contribution in [1.29, 1.82) is 0 Å². The maximum atomic E-state index is 5.22. The molecule has 1 atom stereocenters. The lowest BCUT2D eigenvalue weighted by Crippen LogP contribution is -2.39.